The molecule has 1 heterocycles. The van der Waals surface area contributed by atoms with Crippen LogP contribution in [0.25, 0.3) is 0 Å². The largest absolute Gasteiger partial charge is 0.352 e. The summed E-state index contributed by atoms with van der Waals surface area (Å²) in [5.74, 6) is 1.07. The standard InChI is InChI=1S/C18H34N2O/c1-5-17(3,4)14-8-10-15(11-9-14)20-16(21)18(6-2)12-7-13-19-18/h14-15,19H,5-13H2,1-4H3,(H,20,21). The molecule has 0 radical (unpaired) electrons. The number of amides is 1. The Balaban J connectivity index is 1.85. The van der Waals surface area contributed by atoms with Crippen molar-refractivity contribution >= 4 is 5.91 Å². The van der Waals surface area contributed by atoms with E-state index in [1.54, 1.807) is 0 Å². The van der Waals surface area contributed by atoms with Crippen molar-refractivity contribution in [3.8, 4) is 0 Å². The molecule has 1 unspecified atom stereocenters. The Bertz CT molecular complexity index is 350. The maximum Gasteiger partial charge on any atom is 0.240 e. The summed E-state index contributed by atoms with van der Waals surface area (Å²) in [5, 5.41) is 6.78. The van der Waals surface area contributed by atoms with Gasteiger partial charge in [-0.1, -0.05) is 34.1 Å². The van der Waals surface area contributed by atoms with Gasteiger partial charge < -0.3 is 10.6 Å². The van der Waals surface area contributed by atoms with Crippen molar-refractivity contribution in [3.63, 3.8) is 0 Å². The van der Waals surface area contributed by atoms with Crippen molar-refractivity contribution in [1.82, 2.24) is 10.6 Å². The lowest BCUT2D eigenvalue weighted by Crippen LogP contribution is -2.56. The zero-order valence-electron chi connectivity index (χ0n) is 14.4. The van der Waals surface area contributed by atoms with Crippen molar-refractivity contribution in [3.05, 3.63) is 0 Å². The van der Waals surface area contributed by atoms with Gasteiger partial charge in [0.25, 0.3) is 0 Å². The summed E-state index contributed by atoms with van der Waals surface area (Å²) in [6.07, 6.45) is 9.09. The zero-order valence-corrected chi connectivity index (χ0v) is 14.4. The van der Waals surface area contributed by atoms with Crippen molar-refractivity contribution in [2.24, 2.45) is 11.3 Å². The average molecular weight is 294 g/mol. The van der Waals surface area contributed by atoms with Gasteiger partial charge in [0, 0.05) is 6.04 Å². The Morgan fingerprint density at radius 2 is 1.90 bits per heavy atom. The van der Waals surface area contributed by atoms with Crippen LogP contribution in [0.3, 0.4) is 0 Å². The van der Waals surface area contributed by atoms with Gasteiger partial charge in [0.1, 0.15) is 0 Å². The topological polar surface area (TPSA) is 41.1 Å². The second-order valence-corrected chi connectivity index (χ2v) is 7.83. The van der Waals surface area contributed by atoms with E-state index in [1.165, 1.54) is 19.3 Å². The van der Waals surface area contributed by atoms with E-state index in [4.69, 9.17) is 0 Å². The van der Waals surface area contributed by atoms with Crippen LogP contribution in [0.2, 0.25) is 0 Å². The molecule has 1 amide bonds. The molecule has 21 heavy (non-hydrogen) atoms. The average Bonchev–Trinajstić information content (AvgIpc) is 2.98. The lowest BCUT2D eigenvalue weighted by molar-refractivity contribution is -0.128. The molecule has 0 aromatic rings. The first-order chi connectivity index (χ1) is 9.93. The van der Waals surface area contributed by atoms with Crippen LogP contribution in [0.4, 0.5) is 0 Å². The van der Waals surface area contributed by atoms with Crippen molar-refractivity contribution in [1.29, 1.82) is 0 Å². The van der Waals surface area contributed by atoms with Gasteiger partial charge in [0.15, 0.2) is 0 Å². The molecule has 1 aliphatic carbocycles. The summed E-state index contributed by atoms with van der Waals surface area (Å²) < 4.78 is 0. The van der Waals surface area contributed by atoms with E-state index >= 15 is 0 Å². The Hall–Kier alpha value is -0.570. The number of nitrogens with one attached hydrogen (secondary N) is 2. The molecular weight excluding hydrogens is 260 g/mol. The third-order valence-electron chi connectivity index (χ3n) is 6.36. The van der Waals surface area contributed by atoms with Crippen LogP contribution >= 0.6 is 0 Å². The summed E-state index contributed by atoms with van der Waals surface area (Å²) >= 11 is 0. The second kappa shape index (κ2) is 6.68. The molecule has 1 saturated carbocycles. The molecular formula is C18H34N2O. The monoisotopic (exact) mass is 294 g/mol. The minimum absolute atomic E-state index is 0.251. The van der Waals surface area contributed by atoms with E-state index in [9.17, 15) is 4.79 Å². The normalized spacial score (nSPS) is 33.9. The molecule has 2 aliphatic rings. The number of hydrogen-bond donors (Lipinski definition) is 2. The predicted molar refractivity (Wildman–Crippen MR) is 88.2 cm³/mol. The highest BCUT2D eigenvalue weighted by molar-refractivity contribution is 5.86. The second-order valence-electron chi connectivity index (χ2n) is 7.83. The van der Waals surface area contributed by atoms with E-state index < -0.39 is 0 Å². The molecule has 0 aromatic heterocycles. The molecule has 3 heteroatoms. The van der Waals surface area contributed by atoms with Gasteiger partial charge >= 0.3 is 0 Å². The first-order valence-electron chi connectivity index (χ1n) is 8.99. The van der Waals surface area contributed by atoms with Crippen LogP contribution in [-0.4, -0.2) is 24.0 Å². The van der Waals surface area contributed by atoms with Crippen LogP contribution in [0.15, 0.2) is 0 Å². The maximum atomic E-state index is 12.6. The minimum atomic E-state index is -0.278. The summed E-state index contributed by atoms with van der Waals surface area (Å²) in [6, 6.07) is 0.396. The van der Waals surface area contributed by atoms with E-state index in [2.05, 4.69) is 38.3 Å². The van der Waals surface area contributed by atoms with Crippen molar-refractivity contribution in [2.45, 2.75) is 90.6 Å². The Morgan fingerprint density at radius 1 is 1.24 bits per heavy atom. The lowest BCUT2D eigenvalue weighted by Gasteiger charge is -2.40. The van der Waals surface area contributed by atoms with Gasteiger partial charge in [0.05, 0.1) is 5.54 Å². The zero-order chi connectivity index (χ0) is 15.5. The number of carbonyl (C=O) groups excluding carboxylic acids is 1. The highest BCUT2D eigenvalue weighted by Gasteiger charge is 2.40. The van der Waals surface area contributed by atoms with Crippen LogP contribution < -0.4 is 10.6 Å². The third kappa shape index (κ3) is 3.61. The summed E-state index contributed by atoms with van der Waals surface area (Å²) in [4.78, 5) is 12.6. The molecule has 1 atom stereocenters. The summed E-state index contributed by atoms with van der Waals surface area (Å²) in [5.41, 5.74) is 0.173. The molecule has 2 N–H and O–H groups in total. The van der Waals surface area contributed by atoms with E-state index in [1.807, 2.05) is 0 Å². The van der Waals surface area contributed by atoms with E-state index in [-0.39, 0.29) is 11.4 Å². The summed E-state index contributed by atoms with van der Waals surface area (Å²) in [6.45, 7) is 10.2. The third-order valence-corrected chi connectivity index (χ3v) is 6.36. The first kappa shape index (κ1) is 16.8. The molecule has 1 saturated heterocycles. The predicted octanol–water partition coefficient (Wildman–Crippen LogP) is 3.63. The van der Waals surface area contributed by atoms with Crippen molar-refractivity contribution < 1.29 is 4.79 Å². The lowest BCUT2D eigenvalue weighted by atomic mass is 9.69. The van der Waals surface area contributed by atoms with Gasteiger partial charge in [-0.3, -0.25) is 4.79 Å². The summed E-state index contributed by atoms with van der Waals surface area (Å²) in [7, 11) is 0. The highest BCUT2D eigenvalue weighted by Crippen LogP contribution is 2.40. The molecule has 1 aliphatic heterocycles. The first-order valence-corrected chi connectivity index (χ1v) is 8.99. The van der Waals surface area contributed by atoms with E-state index in [0.717, 1.165) is 44.6 Å². The minimum Gasteiger partial charge on any atom is -0.352 e. The van der Waals surface area contributed by atoms with Crippen LogP contribution in [0.1, 0.15) is 79.1 Å². The Labute approximate surface area is 130 Å². The molecule has 0 bridgehead atoms. The fourth-order valence-electron chi connectivity index (χ4n) is 4.09. The fourth-order valence-corrected chi connectivity index (χ4v) is 4.09. The number of rotatable bonds is 5. The Morgan fingerprint density at radius 3 is 2.38 bits per heavy atom. The molecule has 2 rings (SSSR count). The quantitative estimate of drug-likeness (QED) is 0.813. The van der Waals surface area contributed by atoms with Crippen LogP contribution in [0.5, 0.6) is 0 Å². The van der Waals surface area contributed by atoms with Crippen LogP contribution in [0, 0.1) is 11.3 Å². The smallest absolute Gasteiger partial charge is 0.240 e. The fraction of sp³-hybridized carbons (Fsp3) is 0.944. The SMILES string of the molecule is CCC1(C(=O)NC2CCC(C(C)(C)CC)CC2)CCCN1. The van der Waals surface area contributed by atoms with Gasteiger partial charge in [-0.05, 0) is 62.8 Å². The Kier molecular flexibility index (Phi) is 5.34. The maximum absolute atomic E-state index is 12.6. The van der Waals surface area contributed by atoms with Gasteiger partial charge in [-0.15, -0.1) is 0 Å². The molecule has 0 aromatic carbocycles. The van der Waals surface area contributed by atoms with Crippen molar-refractivity contribution in [2.75, 3.05) is 6.54 Å². The van der Waals surface area contributed by atoms with Crippen LogP contribution in [-0.2, 0) is 4.79 Å². The van der Waals surface area contributed by atoms with Gasteiger partial charge in [-0.25, -0.2) is 0 Å². The van der Waals surface area contributed by atoms with Gasteiger partial charge in [0.2, 0.25) is 5.91 Å². The molecule has 0 spiro atoms. The molecule has 3 nitrogen and oxygen atoms in total. The van der Waals surface area contributed by atoms with E-state index in [0.29, 0.717) is 11.5 Å². The van der Waals surface area contributed by atoms with Gasteiger partial charge in [-0.2, -0.15) is 0 Å². The molecule has 122 valence electrons. The number of carbonyl (C=O) groups is 1. The highest BCUT2D eigenvalue weighted by atomic mass is 16.2. The number of hydrogen-bond acceptors (Lipinski definition) is 2. The molecule has 2 fully saturated rings.